The molecule has 1 amide bonds. The van der Waals surface area contributed by atoms with Crippen LogP contribution in [0.25, 0.3) is 5.65 Å². The number of carbonyl (C=O) groups is 1. The third kappa shape index (κ3) is 2.50. The molecule has 3 rings (SSSR count). The number of benzene rings is 1. The highest BCUT2D eigenvalue weighted by atomic mass is 35.5. The van der Waals surface area contributed by atoms with Gasteiger partial charge in [-0.05, 0) is 37.6 Å². The first-order valence-corrected chi connectivity index (χ1v) is 6.95. The van der Waals surface area contributed by atoms with E-state index in [0.29, 0.717) is 22.1 Å². The maximum Gasteiger partial charge on any atom is 0.274 e. The minimum atomic E-state index is -0.198. The lowest BCUT2D eigenvalue weighted by molar-refractivity contribution is 0.102. The molecule has 0 saturated heterocycles. The molecular formula is C16H14ClN3O. The van der Waals surface area contributed by atoms with E-state index in [4.69, 9.17) is 11.6 Å². The summed E-state index contributed by atoms with van der Waals surface area (Å²) < 4.78 is 1.71. The summed E-state index contributed by atoms with van der Waals surface area (Å²) in [6.45, 7) is 3.77. The number of hydrogen-bond acceptors (Lipinski definition) is 2. The number of nitrogens with zero attached hydrogens (tertiary/aromatic N) is 2. The van der Waals surface area contributed by atoms with Crippen molar-refractivity contribution in [3.05, 3.63) is 64.6 Å². The monoisotopic (exact) mass is 299 g/mol. The summed E-state index contributed by atoms with van der Waals surface area (Å²) in [5, 5.41) is 3.48. The van der Waals surface area contributed by atoms with Gasteiger partial charge in [0.2, 0.25) is 0 Å². The van der Waals surface area contributed by atoms with Gasteiger partial charge in [-0.15, -0.1) is 0 Å². The molecule has 0 bridgehead atoms. The van der Waals surface area contributed by atoms with Gasteiger partial charge in [0.05, 0.1) is 10.7 Å². The molecule has 4 nitrogen and oxygen atoms in total. The number of amides is 1. The summed E-state index contributed by atoms with van der Waals surface area (Å²) >= 11 is 6.01. The number of carbonyl (C=O) groups excluding carboxylic acids is 1. The average Bonchev–Trinajstić information content (AvgIpc) is 2.76. The van der Waals surface area contributed by atoms with E-state index >= 15 is 0 Å². The van der Waals surface area contributed by atoms with Crippen LogP contribution in [0.4, 0.5) is 5.69 Å². The van der Waals surface area contributed by atoms with E-state index in [9.17, 15) is 4.79 Å². The highest BCUT2D eigenvalue weighted by molar-refractivity contribution is 6.30. The Balaban J connectivity index is 2.04. The van der Waals surface area contributed by atoms with Crippen LogP contribution in [-0.2, 0) is 0 Å². The van der Waals surface area contributed by atoms with E-state index in [-0.39, 0.29) is 5.91 Å². The zero-order valence-corrected chi connectivity index (χ0v) is 12.5. The van der Waals surface area contributed by atoms with Crippen LogP contribution in [0, 0.1) is 13.8 Å². The molecule has 0 saturated carbocycles. The summed E-state index contributed by atoms with van der Waals surface area (Å²) in [5.41, 5.74) is 3.67. The summed E-state index contributed by atoms with van der Waals surface area (Å²) in [5.74, 6) is -0.198. The number of halogens is 1. The predicted octanol–water partition coefficient (Wildman–Crippen LogP) is 3.86. The summed E-state index contributed by atoms with van der Waals surface area (Å²) in [4.78, 5) is 16.9. The highest BCUT2D eigenvalue weighted by Gasteiger charge is 2.17. The number of aryl methyl sites for hydroxylation is 2. The van der Waals surface area contributed by atoms with E-state index in [0.717, 1.165) is 11.3 Å². The SMILES string of the molecule is Cc1ccccc1NC(=O)c1c(C)nc2ccc(Cl)cn12. The number of fused-ring (bicyclic) bond motifs is 1. The second kappa shape index (κ2) is 5.22. The Bertz CT molecular complexity index is 839. The number of para-hydroxylation sites is 1. The van der Waals surface area contributed by atoms with Crippen molar-refractivity contribution in [3.63, 3.8) is 0 Å². The average molecular weight is 300 g/mol. The Morgan fingerprint density at radius 2 is 1.95 bits per heavy atom. The molecule has 0 spiro atoms. The van der Waals surface area contributed by atoms with Crippen LogP contribution in [0.1, 0.15) is 21.7 Å². The molecule has 21 heavy (non-hydrogen) atoms. The van der Waals surface area contributed by atoms with Crippen molar-refractivity contribution in [2.24, 2.45) is 0 Å². The molecule has 1 N–H and O–H groups in total. The van der Waals surface area contributed by atoms with Crippen molar-refractivity contribution in [2.45, 2.75) is 13.8 Å². The van der Waals surface area contributed by atoms with Crippen LogP contribution in [0.2, 0.25) is 5.02 Å². The third-order valence-corrected chi connectivity index (χ3v) is 3.59. The van der Waals surface area contributed by atoms with Crippen molar-refractivity contribution in [1.29, 1.82) is 0 Å². The standard InChI is InChI=1S/C16H14ClN3O/c1-10-5-3-4-6-13(10)19-16(21)15-11(2)18-14-8-7-12(17)9-20(14)15/h3-9H,1-2H3,(H,19,21). The lowest BCUT2D eigenvalue weighted by Crippen LogP contribution is -2.16. The van der Waals surface area contributed by atoms with Crippen LogP contribution in [0.15, 0.2) is 42.6 Å². The van der Waals surface area contributed by atoms with Gasteiger partial charge in [0.1, 0.15) is 11.3 Å². The first-order valence-electron chi connectivity index (χ1n) is 6.57. The van der Waals surface area contributed by atoms with Crippen molar-refractivity contribution in [1.82, 2.24) is 9.38 Å². The van der Waals surface area contributed by atoms with Crippen molar-refractivity contribution >= 4 is 28.8 Å². The molecule has 1 aromatic carbocycles. The number of nitrogens with one attached hydrogen (secondary N) is 1. The van der Waals surface area contributed by atoms with Gasteiger partial charge in [-0.2, -0.15) is 0 Å². The van der Waals surface area contributed by atoms with E-state index in [1.54, 1.807) is 22.7 Å². The van der Waals surface area contributed by atoms with E-state index in [1.165, 1.54) is 0 Å². The van der Waals surface area contributed by atoms with Gasteiger partial charge >= 0.3 is 0 Å². The molecule has 2 aromatic heterocycles. The van der Waals surface area contributed by atoms with Gasteiger partial charge in [-0.3, -0.25) is 9.20 Å². The van der Waals surface area contributed by atoms with Gasteiger partial charge < -0.3 is 5.32 Å². The topological polar surface area (TPSA) is 46.4 Å². The molecule has 2 heterocycles. The summed E-state index contributed by atoms with van der Waals surface area (Å²) in [6, 6.07) is 11.2. The first kappa shape index (κ1) is 13.6. The zero-order chi connectivity index (χ0) is 15.0. The van der Waals surface area contributed by atoms with Crippen LogP contribution < -0.4 is 5.32 Å². The molecule has 0 fully saturated rings. The van der Waals surface area contributed by atoms with Crippen molar-refractivity contribution < 1.29 is 4.79 Å². The van der Waals surface area contributed by atoms with Gasteiger partial charge in [-0.1, -0.05) is 29.8 Å². The Hall–Kier alpha value is -2.33. The fourth-order valence-corrected chi connectivity index (χ4v) is 2.47. The Morgan fingerprint density at radius 3 is 2.71 bits per heavy atom. The van der Waals surface area contributed by atoms with Crippen molar-refractivity contribution in [3.8, 4) is 0 Å². The Labute approximate surface area is 127 Å². The van der Waals surface area contributed by atoms with E-state index in [1.807, 2.05) is 38.1 Å². The molecule has 3 aromatic rings. The van der Waals surface area contributed by atoms with Gasteiger partial charge in [0.25, 0.3) is 5.91 Å². The Kier molecular flexibility index (Phi) is 3.39. The van der Waals surface area contributed by atoms with Crippen LogP contribution in [0.3, 0.4) is 0 Å². The summed E-state index contributed by atoms with van der Waals surface area (Å²) in [6.07, 6.45) is 1.70. The van der Waals surface area contributed by atoms with Crippen LogP contribution in [0.5, 0.6) is 0 Å². The van der Waals surface area contributed by atoms with Gasteiger partial charge in [0.15, 0.2) is 0 Å². The number of pyridine rings is 1. The fourth-order valence-electron chi connectivity index (χ4n) is 2.30. The van der Waals surface area contributed by atoms with E-state index in [2.05, 4.69) is 10.3 Å². The Morgan fingerprint density at radius 1 is 1.19 bits per heavy atom. The maximum atomic E-state index is 12.6. The van der Waals surface area contributed by atoms with Gasteiger partial charge in [0, 0.05) is 11.9 Å². The molecule has 0 unspecified atom stereocenters. The molecule has 0 aliphatic heterocycles. The minimum Gasteiger partial charge on any atom is -0.320 e. The largest absolute Gasteiger partial charge is 0.320 e. The lowest BCUT2D eigenvalue weighted by atomic mass is 10.2. The van der Waals surface area contributed by atoms with Gasteiger partial charge in [-0.25, -0.2) is 4.98 Å². The number of aromatic nitrogens is 2. The fraction of sp³-hybridized carbons (Fsp3) is 0.125. The molecule has 0 atom stereocenters. The molecule has 0 aliphatic carbocycles. The highest BCUT2D eigenvalue weighted by Crippen LogP contribution is 2.19. The normalized spacial score (nSPS) is 10.8. The van der Waals surface area contributed by atoms with E-state index < -0.39 is 0 Å². The molecule has 5 heteroatoms. The first-order chi connectivity index (χ1) is 10.1. The zero-order valence-electron chi connectivity index (χ0n) is 11.7. The van der Waals surface area contributed by atoms with Crippen LogP contribution >= 0.6 is 11.6 Å². The second-order valence-electron chi connectivity index (χ2n) is 4.89. The predicted molar refractivity (Wildman–Crippen MR) is 84.1 cm³/mol. The van der Waals surface area contributed by atoms with Crippen molar-refractivity contribution in [2.75, 3.05) is 5.32 Å². The second-order valence-corrected chi connectivity index (χ2v) is 5.33. The molecule has 0 aliphatic rings. The quantitative estimate of drug-likeness (QED) is 0.781. The minimum absolute atomic E-state index is 0.198. The molecular weight excluding hydrogens is 286 g/mol. The lowest BCUT2D eigenvalue weighted by Gasteiger charge is -2.08. The maximum absolute atomic E-state index is 12.6. The molecule has 0 radical (unpaired) electrons. The number of imidazole rings is 1. The number of hydrogen-bond donors (Lipinski definition) is 1. The smallest absolute Gasteiger partial charge is 0.274 e. The third-order valence-electron chi connectivity index (χ3n) is 3.37. The van der Waals surface area contributed by atoms with Crippen LogP contribution in [-0.4, -0.2) is 15.3 Å². The number of anilines is 1. The molecule has 106 valence electrons. The summed E-state index contributed by atoms with van der Waals surface area (Å²) in [7, 11) is 0. The number of rotatable bonds is 2.